The van der Waals surface area contributed by atoms with Crippen LogP contribution in [-0.4, -0.2) is 23.9 Å². The van der Waals surface area contributed by atoms with E-state index in [1.165, 1.54) is 0 Å². The van der Waals surface area contributed by atoms with Crippen molar-refractivity contribution in [3.63, 3.8) is 0 Å². The zero-order valence-corrected chi connectivity index (χ0v) is 20.7. The standard InChI is InChI=1S/C28H22N6.Cu/c1-27(2)19-13-29-25(31-19)26-30-14-20(32-26)28(3,4)24-18-12-8-6-10-16(18)22(34-24)21-15-9-5-7-11-17(15)23(27)33-21;/h5-14H,1-4H3;/q-2;+2/b26-25-;. The van der Waals surface area contributed by atoms with Gasteiger partial charge in [-0.3, -0.25) is 0 Å². The molecule has 175 valence electrons. The van der Waals surface area contributed by atoms with Gasteiger partial charge in [0.25, 0.3) is 0 Å². The summed E-state index contributed by atoms with van der Waals surface area (Å²) in [6, 6.07) is 16.8. The summed E-state index contributed by atoms with van der Waals surface area (Å²) in [6.45, 7) is 8.59. The third kappa shape index (κ3) is 2.89. The molecule has 0 aliphatic carbocycles. The molecule has 0 unspecified atom stereocenters. The number of aliphatic imine (C=N–C) groups is 4. The molecule has 0 spiro atoms. The van der Waals surface area contributed by atoms with E-state index in [-0.39, 0.29) is 17.1 Å². The average Bonchev–Trinajstić information content (AvgIpc) is 3.62. The molecule has 8 bridgehead atoms. The first kappa shape index (κ1) is 22.0. The van der Waals surface area contributed by atoms with Gasteiger partial charge in [-0.25, -0.2) is 20.0 Å². The summed E-state index contributed by atoms with van der Waals surface area (Å²) in [6.07, 6.45) is 3.65. The molecule has 2 aromatic carbocycles. The van der Waals surface area contributed by atoms with Crippen molar-refractivity contribution in [2.45, 2.75) is 38.5 Å². The van der Waals surface area contributed by atoms with E-state index in [1.54, 1.807) is 0 Å². The summed E-state index contributed by atoms with van der Waals surface area (Å²) in [5.41, 5.74) is 4.52. The normalized spacial score (nSPS) is 21.1. The van der Waals surface area contributed by atoms with Gasteiger partial charge in [0, 0.05) is 10.8 Å². The topological polar surface area (TPSA) is 77.6 Å². The van der Waals surface area contributed by atoms with Gasteiger partial charge >= 0.3 is 17.1 Å². The Morgan fingerprint density at radius 1 is 0.571 bits per heavy atom. The Labute approximate surface area is 213 Å². The van der Waals surface area contributed by atoms with Gasteiger partial charge in [-0.05, 0) is 21.5 Å². The van der Waals surface area contributed by atoms with E-state index >= 15 is 0 Å². The minimum atomic E-state index is -0.465. The third-order valence-corrected chi connectivity index (χ3v) is 7.28. The molecule has 0 atom stereocenters. The fourth-order valence-corrected chi connectivity index (χ4v) is 5.22. The average molecular weight is 506 g/mol. The first-order valence-electron chi connectivity index (χ1n) is 11.5. The second-order valence-electron chi connectivity index (χ2n) is 10.1. The minimum Gasteiger partial charge on any atom is -0.661 e. The van der Waals surface area contributed by atoms with Crippen LogP contribution in [-0.2, 0) is 27.9 Å². The molecule has 7 rings (SSSR count). The van der Waals surface area contributed by atoms with Crippen LogP contribution in [0.5, 0.6) is 0 Å². The number of hydrogen-bond donors (Lipinski definition) is 0. The molecule has 4 aromatic rings. The Bertz CT molecular complexity index is 1580. The van der Waals surface area contributed by atoms with Crippen LogP contribution in [0.3, 0.4) is 0 Å². The van der Waals surface area contributed by atoms with Crippen molar-refractivity contribution in [1.29, 1.82) is 0 Å². The summed E-state index contributed by atoms with van der Waals surface area (Å²) in [7, 11) is 0. The van der Waals surface area contributed by atoms with E-state index in [9.17, 15) is 0 Å². The summed E-state index contributed by atoms with van der Waals surface area (Å²) in [5.74, 6) is 1.08. The Balaban J connectivity index is 0.00000229. The van der Waals surface area contributed by atoms with Crippen molar-refractivity contribution in [2.75, 3.05) is 0 Å². The van der Waals surface area contributed by atoms with Crippen molar-refractivity contribution in [3.05, 3.63) is 71.6 Å². The minimum absolute atomic E-state index is 0. The van der Waals surface area contributed by atoms with E-state index in [4.69, 9.17) is 20.0 Å². The van der Waals surface area contributed by atoms with Crippen molar-refractivity contribution < 1.29 is 17.1 Å². The van der Waals surface area contributed by atoms with Crippen LogP contribution in [0.25, 0.3) is 32.9 Å². The fraction of sp³-hybridized carbons (Fsp3) is 0.214. The monoisotopic (exact) mass is 505 g/mol. The number of rotatable bonds is 0. The summed E-state index contributed by atoms with van der Waals surface area (Å²) < 4.78 is 0. The first-order valence-corrected chi connectivity index (χ1v) is 11.5. The molecule has 7 heteroatoms. The number of hydrogen-bond acceptors (Lipinski definition) is 4. The van der Waals surface area contributed by atoms with E-state index in [1.807, 2.05) is 12.4 Å². The number of nitrogens with zero attached hydrogens (tertiary/aromatic N) is 6. The largest absolute Gasteiger partial charge is 2.00 e. The Hall–Kier alpha value is -3.54. The van der Waals surface area contributed by atoms with Crippen LogP contribution in [0.15, 0.2) is 80.1 Å². The molecule has 35 heavy (non-hydrogen) atoms. The first-order chi connectivity index (χ1) is 16.4. The van der Waals surface area contributed by atoms with E-state index in [2.05, 4.69) is 86.2 Å². The molecule has 0 saturated carbocycles. The Kier molecular flexibility index (Phi) is 4.54. The maximum atomic E-state index is 5.26. The van der Waals surface area contributed by atoms with Gasteiger partial charge in [-0.15, -0.1) is 22.8 Å². The van der Waals surface area contributed by atoms with Crippen molar-refractivity contribution in [3.8, 4) is 11.4 Å². The van der Waals surface area contributed by atoms with Gasteiger partial charge in [0.2, 0.25) is 0 Å². The molecule has 6 nitrogen and oxygen atoms in total. The summed E-state index contributed by atoms with van der Waals surface area (Å²) >= 11 is 0. The van der Waals surface area contributed by atoms with Gasteiger partial charge in [0.15, 0.2) is 11.6 Å². The summed E-state index contributed by atoms with van der Waals surface area (Å²) in [4.78, 5) is 29.4. The maximum absolute atomic E-state index is 5.26. The quantitative estimate of drug-likeness (QED) is 0.303. The zero-order chi connectivity index (χ0) is 23.2. The zero-order valence-electron chi connectivity index (χ0n) is 19.8. The molecule has 3 aliphatic rings. The maximum Gasteiger partial charge on any atom is 2.00 e. The Morgan fingerprint density at radius 2 is 0.943 bits per heavy atom. The molecule has 5 heterocycles. The second kappa shape index (κ2) is 7.23. The van der Waals surface area contributed by atoms with Crippen molar-refractivity contribution >= 4 is 45.4 Å². The number of benzene rings is 2. The van der Waals surface area contributed by atoms with Gasteiger partial charge in [-0.1, -0.05) is 76.2 Å². The van der Waals surface area contributed by atoms with Gasteiger partial charge < -0.3 is 9.97 Å². The molecule has 2 aromatic heterocycles. The Morgan fingerprint density at radius 3 is 1.34 bits per heavy atom. The molecule has 0 fully saturated rings. The second-order valence-corrected chi connectivity index (χ2v) is 10.1. The number of aromatic nitrogens is 2. The van der Waals surface area contributed by atoms with Crippen molar-refractivity contribution in [1.82, 2.24) is 9.97 Å². The van der Waals surface area contributed by atoms with Crippen LogP contribution < -0.4 is 9.97 Å². The fourth-order valence-electron chi connectivity index (χ4n) is 5.22. The van der Waals surface area contributed by atoms with E-state index in [0.717, 1.165) is 55.7 Å². The molecular weight excluding hydrogens is 484 g/mol. The van der Waals surface area contributed by atoms with E-state index < -0.39 is 10.8 Å². The molecule has 0 saturated heterocycles. The molecule has 0 amide bonds. The van der Waals surface area contributed by atoms with E-state index in [0.29, 0.717) is 11.6 Å². The summed E-state index contributed by atoms with van der Waals surface area (Å²) in [5, 5.41) is 4.42. The molecule has 0 N–H and O–H groups in total. The molecule has 1 radical (unpaired) electrons. The molecule has 3 aliphatic heterocycles. The van der Waals surface area contributed by atoms with Crippen LogP contribution >= 0.6 is 0 Å². The van der Waals surface area contributed by atoms with Gasteiger partial charge in [0.1, 0.15) is 0 Å². The number of fused-ring (bicyclic) bond motifs is 13. The van der Waals surface area contributed by atoms with Crippen LogP contribution in [0.2, 0.25) is 0 Å². The molecular formula is C28H22CuN6. The van der Waals surface area contributed by atoms with Gasteiger partial charge in [0.05, 0.1) is 23.9 Å². The predicted molar refractivity (Wildman–Crippen MR) is 138 cm³/mol. The van der Waals surface area contributed by atoms with Crippen LogP contribution in [0.4, 0.5) is 0 Å². The van der Waals surface area contributed by atoms with Gasteiger partial charge in [-0.2, -0.15) is 0 Å². The van der Waals surface area contributed by atoms with Crippen LogP contribution in [0.1, 0.15) is 39.1 Å². The predicted octanol–water partition coefficient (Wildman–Crippen LogP) is 5.32. The smallest absolute Gasteiger partial charge is 0.661 e. The van der Waals surface area contributed by atoms with Crippen LogP contribution in [0, 0.1) is 0 Å². The third-order valence-electron chi connectivity index (χ3n) is 7.28. The SMILES string of the molecule is CC1(C)C2=N/C(=C3/N=CC(=N3)C(C)(C)c3[n-]c(c4ccccc34)-c3[n-]c1c1ccccc31)N=C2.[Cu+2]. The van der Waals surface area contributed by atoms with Crippen molar-refractivity contribution in [2.24, 2.45) is 20.0 Å².